The summed E-state index contributed by atoms with van der Waals surface area (Å²) in [5, 5.41) is 3.27. The Morgan fingerprint density at radius 1 is 1.04 bits per heavy atom. The number of hydrogen-bond acceptors (Lipinski definition) is 4. The number of imide groups is 1. The fourth-order valence-electron chi connectivity index (χ4n) is 2.91. The van der Waals surface area contributed by atoms with Crippen molar-refractivity contribution in [2.45, 2.75) is 26.7 Å². The number of anilines is 2. The molecule has 0 atom stereocenters. The molecule has 0 radical (unpaired) electrons. The van der Waals surface area contributed by atoms with Crippen LogP contribution in [0.5, 0.6) is 5.75 Å². The van der Waals surface area contributed by atoms with Crippen LogP contribution in [0.2, 0.25) is 5.02 Å². The third kappa shape index (κ3) is 3.60. The van der Waals surface area contributed by atoms with Crippen molar-refractivity contribution >= 4 is 46.4 Å². The van der Waals surface area contributed by atoms with E-state index in [9.17, 15) is 9.59 Å². The van der Waals surface area contributed by atoms with Gasteiger partial charge in [-0.1, -0.05) is 49.2 Å². The van der Waals surface area contributed by atoms with Gasteiger partial charge in [0.1, 0.15) is 16.5 Å². The first-order valence-corrected chi connectivity index (χ1v) is 9.49. The van der Waals surface area contributed by atoms with Crippen LogP contribution in [-0.4, -0.2) is 18.9 Å². The summed E-state index contributed by atoms with van der Waals surface area (Å²) >= 11 is 12.3. The van der Waals surface area contributed by atoms with E-state index >= 15 is 0 Å². The van der Waals surface area contributed by atoms with Gasteiger partial charge in [0.2, 0.25) is 0 Å². The standard InChI is InChI=1S/C21H20Cl2N2O3/c1-11(2)13-5-7-14(8-6-13)24-19-18(23)20(26)25(21(19)27)16-9-12(3)15(22)10-17(16)28-4/h5-11,24H,1-4H3. The van der Waals surface area contributed by atoms with E-state index in [-0.39, 0.29) is 10.7 Å². The molecule has 2 aromatic carbocycles. The molecule has 1 aliphatic rings. The number of ether oxygens (including phenoxy) is 1. The molecule has 5 nitrogen and oxygen atoms in total. The molecule has 3 rings (SSSR count). The highest BCUT2D eigenvalue weighted by atomic mass is 35.5. The Labute approximate surface area is 173 Å². The summed E-state index contributed by atoms with van der Waals surface area (Å²) in [6.45, 7) is 5.97. The van der Waals surface area contributed by atoms with Crippen LogP contribution in [0.25, 0.3) is 0 Å². The number of amides is 2. The van der Waals surface area contributed by atoms with E-state index in [2.05, 4.69) is 19.2 Å². The van der Waals surface area contributed by atoms with Crippen LogP contribution >= 0.6 is 23.2 Å². The van der Waals surface area contributed by atoms with Gasteiger partial charge >= 0.3 is 0 Å². The van der Waals surface area contributed by atoms with Crippen LogP contribution in [0.4, 0.5) is 11.4 Å². The number of rotatable bonds is 5. The van der Waals surface area contributed by atoms with Gasteiger partial charge in [0.05, 0.1) is 12.8 Å². The molecule has 0 saturated carbocycles. The topological polar surface area (TPSA) is 58.6 Å². The van der Waals surface area contributed by atoms with Gasteiger partial charge in [0.25, 0.3) is 11.8 Å². The zero-order valence-electron chi connectivity index (χ0n) is 16.0. The lowest BCUT2D eigenvalue weighted by Gasteiger charge is -2.19. The molecular formula is C21H20Cl2N2O3. The minimum atomic E-state index is -0.618. The number of nitrogens with zero attached hydrogens (tertiary/aromatic N) is 1. The summed E-state index contributed by atoms with van der Waals surface area (Å²) in [6.07, 6.45) is 0. The van der Waals surface area contributed by atoms with Gasteiger partial charge in [0.15, 0.2) is 0 Å². The smallest absolute Gasteiger partial charge is 0.283 e. The molecule has 146 valence electrons. The SMILES string of the molecule is COc1cc(Cl)c(C)cc1N1C(=O)C(Cl)=C(Nc2ccc(C(C)C)cc2)C1=O. The van der Waals surface area contributed by atoms with Crippen molar-refractivity contribution in [3.05, 3.63) is 63.3 Å². The van der Waals surface area contributed by atoms with Crippen LogP contribution in [0.15, 0.2) is 47.1 Å². The van der Waals surface area contributed by atoms with Crippen molar-refractivity contribution in [1.82, 2.24) is 0 Å². The fraction of sp³-hybridized carbons (Fsp3) is 0.238. The van der Waals surface area contributed by atoms with Gasteiger partial charge in [-0.05, 0) is 42.2 Å². The average Bonchev–Trinajstić information content (AvgIpc) is 2.87. The van der Waals surface area contributed by atoms with Crippen molar-refractivity contribution in [2.75, 3.05) is 17.3 Å². The first kappa shape index (κ1) is 20.2. The van der Waals surface area contributed by atoms with Gasteiger partial charge in [-0.2, -0.15) is 0 Å². The van der Waals surface area contributed by atoms with E-state index in [1.807, 2.05) is 24.3 Å². The van der Waals surface area contributed by atoms with Crippen LogP contribution in [0.1, 0.15) is 30.9 Å². The zero-order valence-corrected chi connectivity index (χ0v) is 17.5. The summed E-state index contributed by atoms with van der Waals surface area (Å²) in [7, 11) is 1.44. The van der Waals surface area contributed by atoms with Crippen molar-refractivity contribution in [3.63, 3.8) is 0 Å². The second-order valence-electron chi connectivity index (χ2n) is 6.81. The van der Waals surface area contributed by atoms with Crippen LogP contribution in [-0.2, 0) is 9.59 Å². The molecule has 0 spiro atoms. The molecule has 0 fully saturated rings. The van der Waals surface area contributed by atoms with Crippen molar-refractivity contribution in [2.24, 2.45) is 0 Å². The van der Waals surface area contributed by atoms with Crippen LogP contribution in [0.3, 0.4) is 0 Å². The van der Waals surface area contributed by atoms with Gasteiger partial charge in [-0.15, -0.1) is 0 Å². The number of hydrogen-bond donors (Lipinski definition) is 1. The summed E-state index contributed by atoms with van der Waals surface area (Å²) < 4.78 is 5.30. The molecule has 1 heterocycles. The summed E-state index contributed by atoms with van der Waals surface area (Å²) in [6, 6.07) is 10.8. The summed E-state index contributed by atoms with van der Waals surface area (Å²) in [5.74, 6) is -0.470. The minimum Gasteiger partial charge on any atom is -0.494 e. The molecule has 1 N–H and O–H groups in total. The molecule has 0 aliphatic carbocycles. The second-order valence-corrected chi connectivity index (χ2v) is 7.59. The largest absolute Gasteiger partial charge is 0.494 e. The average molecular weight is 419 g/mol. The Morgan fingerprint density at radius 2 is 1.68 bits per heavy atom. The maximum Gasteiger partial charge on any atom is 0.283 e. The second kappa shape index (κ2) is 7.86. The fourth-order valence-corrected chi connectivity index (χ4v) is 3.28. The van der Waals surface area contributed by atoms with E-state index in [1.165, 1.54) is 12.7 Å². The van der Waals surface area contributed by atoms with Crippen LogP contribution in [0, 0.1) is 6.92 Å². The quantitative estimate of drug-likeness (QED) is 0.676. The van der Waals surface area contributed by atoms with Gasteiger partial charge < -0.3 is 10.1 Å². The highest BCUT2D eigenvalue weighted by molar-refractivity contribution is 6.53. The number of methoxy groups -OCH3 is 1. The first-order chi connectivity index (χ1) is 13.2. The number of halogens is 2. The Balaban J connectivity index is 1.93. The van der Waals surface area contributed by atoms with Crippen molar-refractivity contribution < 1.29 is 14.3 Å². The molecule has 2 aromatic rings. The Hall–Kier alpha value is -2.50. The number of carbonyl (C=O) groups is 2. The summed E-state index contributed by atoms with van der Waals surface area (Å²) in [5.41, 5.74) is 2.87. The molecule has 0 unspecified atom stereocenters. The minimum absolute atomic E-state index is 0.0265. The summed E-state index contributed by atoms with van der Waals surface area (Å²) in [4.78, 5) is 26.7. The Bertz CT molecular complexity index is 982. The van der Waals surface area contributed by atoms with Gasteiger partial charge in [0, 0.05) is 16.8 Å². The number of aryl methyl sites for hydroxylation is 1. The van der Waals surface area contributed by atoms with Crippen molar-refractivity contribution in [3.8, 4) is 5.75 Å². The molecule has 0 saturated heterocycles. The molecule has 7 heteroatoms. The molecule has 28 heavy (non-hydrogen) atoms. The number of benzene rings is 2. The third-order valence-electron chi connectivity index (χ3n) is 4.58. The van der Waals surface area contributed by atoms with E-state index < -0.39 is 11.8 Å². The Morgan fingerprint density at radius 3 is 2.25 bits per heavy atom. The first-order valence-electron chi connectivity index (χ1n) is 8.74. The lowest BCUT2D eigenvalue weighted by molar-refractivity contribution is -0.120. The van der Waals surface area contributed by atoms with Crippen LogP contribution < -0.4 is 15.0 Å². The predicted molar refractivity (Wildman–Crippen MR) is 112 cm³/mol. The molecule has 0 aromatic heterocycles. The van der Waals surface area contributed by atoms with Crippen molar-refractivity contribution in [1.29, 1.82) is 0 Å². The zero-order chi connectivity index (χ0) is 20.6. The highest BCUT2D eigenvalue weighted by Gasteiger charge is 2.40. The van der Waals surface area contributed by atoms with E-state index in [0.717, 1.165) is 4.90 Å². The molecular weight excluding hydrogens is 399 g/mol. The lowest BCUT2D eigenvalue weighted by Crippen LogP contribution is -2.32. The van der Waals surface area contributed by atoms with E-state index in [4.69, 9.17) is 27.9 Å². The maximum atomic E-state index is 13.0. The monoisotopic (exact) mass is 418 g/mol. The van der Waals surface area contributed by atoms with Gasteiger partial charge in [-0.25, -0.2) is 4.90 Å². The molecule has 0 bridgehead atoms. The number of carbonyl (C=O) groups excluding carboxylic acids is 2. The van der Waals surface area contributed by atoms with E-state index in [1.54, 1.807) is 19.1 Å². The van der Waals surface area contributed by atoms with Gasteiger partial charge in [-0.3, -0.25) is 9.59 Å². The Kier molecular flexibility index (Phi) is 5.68. The normalized spacial score (nSPS) is 14.3. The predicted octanol–water partition coefficient (Wildman–Crippen LogP) is 5.22. The highest BCUT2D eigenvalue weighted by Crippen LogP contribution is 2.38. The lowest BCUT2D eigenvalue weighted by atomic mass is 10.0. The van der Waals surface area contributed by atoms with E-state index in [0.29, 0.717) is 33.6 Å². The molecule has 1 aliphatic heterocycles. The molecule has 2 amide bonds. The number of nitrogens with one attached hydrogen (secondary N) is 1. The third-order valence-corrected chi connectivity index (χ3v) is 5.33. The maximum absolute atomic E-state index is 13.0.